The minimum absolute atomic E-state index is 0.822. The monoisotopic (exact) mass is 240 g/mol. The van der Waals surface area contributed by atoms with Crippen LogP contribution in [-0.4, -0.2) is 6.54 Å². The van der Waals surface area contributed by atoms with Gasteiger partial charge in [-0.25, -0.2) is 0 Å². The molecule has 0 atom stereocenters. The number of rotatable bonds is 3. The quantitative estimate of drug-likeness (QED) is 0.893. The fourth-order valence-electron chi connectivity index (χ4n) is 2.17. The van der Waals surface area contributed by atoms with Crippen molar-refractivity contribution in [3.8, 4) is 0 Å². The molecule has 0 saturated carbocycles. The Morgan fingerprint density at radius 1 is 1.17 bits per heavy atom. The highest BCUT2D eigenvalue weighted by molar-refractivity contribution is 5.49. The van der Waals surface area contributed by atoms with Crippen LogP contribution < -0.4 is 10.4 Å². The third kappa shape index (κ3) is 2.12. The van der Waals surface area contributed by atoms with E-state index in [-0.39, 0.29) is 0 Å². The van der Waals surface area contributed by atoms with E-state index in [1.54, 1.807) is 6.26 Å². The number of nitrogens with zero attached hydrogens (tertiary/aromatic N) is 1. The molecule has 1 aliphatic rings. The molecule has 2 heterocycles. The number of hydrogen-bond donors (Lipinski definition) is 1. The maximum atomic E-state index is 5.39. The van der Waals surface area contributed by atoms with Gasteiger partial charge in [0.2, 0.25) is 0 Å². The van der Waals surface area contributed by atoms with Gasteiger partial charge in [-0.1, -0.05) is 18.2 Å². The maximum absolute atomic E-state index is 5.39. The van der Waals surface area contributed by atoms with E-state index >= 15 is 0 Å². The van der Waals surface area contributed by atoms with Gasteiger partial charge >= 0.3 is 0 Å². The smallest absolute Gasteiger partial charge is 0.109 e. The second-order valence-electron chi connectivity index (χ2n) is 4.55. The van der Waals surface area contributed by atoms with Crippen molar-refractivity contribution in [2.45, 2.75) is 13.3 Å². The van der Waals surface area contributed by atoms with Gasteiger partial charge in [0, 0.05) is 12.1 Å². The molecular formula is C15H16N2O. The van der Waals surface area contributed by atoms with E-state index in [0.717, 1.165) is 18.7 Å². The fourth-order valence-corrected chi connectivity index (χ4v) is 2.17. The van der Waals surface area contributed by atoms with Crippen molar-refractivity contribution >= 4 is 5.69 Å². The van der Waals surface area contributed by atoms with Crippen molar-refractivity contribution < 1.29 is 4.42 Å². The van der Waals surface area contributed by atoms with Gasteiger partial charge in [0.25, 0.3) is 0 Å². The Morgan fingerprint density at radius 3 is 2.72 bits per heavy atom. The molecule has 1 N–H and O–H groups in total. The molecule has 0 amide bonds. The largest absolute Gasteiger partial charge is 0.469 e. The molecule has 0 aliphatic carbocycles. The number of allylic oxidation sites excluding steroid dienone is 1. The van der Waals surface area contributed by atoms with Crippen molar-refractivity contribution in [1.82, 2.24) is 5.43 Å². The van der Waals surface area contributed by atoms with Crippen LogP contribution in [0, 0.1) is 0 Å². The molecule has 0 unspecified atom stereocenters. The second kappa shape index (κ2) is 4.61. The summed E-state index contributed by atoms with van der Waals surface area (Å²) in [6.45, 7) is 3.08. The molecule has 18 heavy (non-hydrogen) atoms. The molecule has 3 rings (SSSR count). The van der Waals surface area contributed by atoms with E-state index in [1.165, 1.54) is 17.0 Å². The summed E-state index contributed by atoms with van der Waals surface area (Å²) in [6, 6.07) is 14.3. The zero-order valence-electron chi connectivity index (χ0n) is 10.4. The molecule has 0 radical (unpaired) electrons. The van der Waals surface area contributed by atoms with Crippen LogP contribution >= 0.6 is 0 Å². The summed E-state index contributed by atoms with van der Waals surface area (Å²) in [5, 5.41) is 2.16. The SMILES string of the molecule is CC1=C(Cc2ccco2)NN(c2ccccc2)C1. The Bertz CT molecular complexity index is 543. The number of hydrogen-bond acceptors (Lipinski definition) is 3. The van der Waals surface area contributed by atoms with Gasteiger partial charge in [-0.15, -0.1) is 0 Å². The minimum atomic E-state index is 0.822. The van der Waals surface area contributed by atoms with E-state index in [2.05, 4.69) is 41.6 Å². The van der Waals surface area contributed by atoms with Crippen LogP contribution in [0.5, 0.6) is 0 Å². The van der Waals surface area contributed by atoms with Crippen molar-refractivity contribution in [1.29, 1.82) is 0 Å². The maximum Gasteiger partial charge on any atom is 0.109 e. The number of benzene rings is 1. The number of hydrazine groups is 1. The van der Waals surface area contributed by atoms with Gasteiger partial charge in [0.15, 0.2) is 0 Å². The summed E-state index contributed by atoms with van der Waals surface area (Å²) in [5.41, 5.74) is 7.22. The number of nitrogens with one attached hydrogen (secondary N) is 1. The van der Waals surface area contributed by atoms with Crippen molar-refractivity contribution in [3.05, 3.63) is 65.8 Å². The van der Waals surface area contributed by atoms with Crippen LogP contribution in [0.25, 0.3) is 0 Å². The van der Waals surface area contributed by atoms with E-state index in [1.807, 2.05) is 18.2 Å². The predicted molar refractivity (Wildman–Crippen MR) is 72.0 cm³/mol. The van der Waals surface area contributed by atoms with Crippen LogP contribution in [0.15, 0.2) is 64.4 Å². The van der Waals surface area contributed by atoms with E-state index in [0.29, 0.717) is 0 Å². The van der Waals surface area contributed by atoms with Gasteiger partial charge in [0.05, 0.1) is 18.5 Å². The average molecular weight is 240 g/mol. The molecule has 3 nitrogen and oxygen atoms in total. The number of anilines is 1. The molecule has 1 aromatic heterocycles. The first-order valence-electron chi connectivity index (χ1n) is 6.13. The first kappa shape index (κ1) is 11.0. The Hall–Kier alpha value is -2.16. The molecular weight excluding hydrogens is 224 g/mol. The third-order valence-electron chi connectivity index (χ3n) is 3.18. The molecule has 0 bridgehead atoms. The molecule has 0 fully saturated rings. The molecule has 2 aromatic rings. The summed E-state index contributed by atoms with van der Waals surface area (Å²) >= 11 is 0. The number of para-hydroxylation sites is 1. The van der Waals surface area contributed by atoms with Gasteiger partial charge in [0.1, 0.15) is 5.76 Å². The predicted octanol–water partition coefficient (Wildman–Crippen LogP) is 3.12. The lowest BCUT2D eigenvalue weighted by Gasteiger charge is -2.20. The van der Waals surface area contributed by atoms with Gasteiger partial charge in [-0.05, 0) is 36.8 Å². The molecule has 0 saturated heterocycles. The first-order valence-corrected chi connectivity index (χ1v) is 6.13. The molecule has 0 spiro atoms. The molecule has 92 valence electrons. The summed E-state index contributed by atoms with van der Waals surface area (Å²) in [4.78, 5) is 0. The van der Waals surface area contributed by atoms with Gasteiger partial charge in [-0.2, -0.15) is 0 Å². The zero-order valence-corrected chi connectivity index (χ0v) is 10.4. The lowest BCUT2D eigenvalue weighted by atomic mass is 10.2. The Kier molecular flexibility index (Phi) is 2.81. The summed E-state index contributed by atoms with van der Waals surface area (Å²) in [6.07, 6.45) is 2.54. The lowest BCUT2D eigenvalue weighted by Crippen LogP contribution is -2.32. The van der Waals surface area contributed by atoms with Gasteiger partial charge < -0.3 is 9.84 Å². The van der Waals surface area contributed by atoms with Crippen LogP contribution in [-0.2, 0) is 6.42 Å². The highest BCUT2D eigenvalue weighted by Gasteiger charge is 2.19. The van der Waals surface area contributed by atoms with Crippen LogP contribution in [0.2, 0.25) is 0 Å². The fraction of sp³-hybridized carbons (Fsp3) is 0.200. The average Bonchev–Trinajstić information content (AvgIpc) is 3.02. The summed E-state index contributed by atoms with van der Waals surface area (Å²) < 4.78 is 5.39. The van der Waals surface area contributed by atoms with Crippen LogP contribution in [0.1, 0.15) is 12.7 Å². The Morgan fingerprint density at radius 2 is 2.00 bits per heavy atom. The Labute approximate surface area is 107 Å². The van der Waals surface area contributed by atoms with E-state index in [4.69, 9.17) is 4.42 Å². The van der Waals surface area contributed by atoms with Crippen molar-refractivity contribution in [3.63, 3.8) is 0 Å². The third-order valence-corrected chi connectivity index (χ3v) is 3.18. The lowest BCUT2D eigenvalue weighted by molar-refractivity contribution is 0.515. The molecule has 1 aliphatic heterocycles. The van der Waals surface area contributed by atoms with Crippen LogP contribution in [0.3, 0.4) is 0 Å². The van der Waals surface area contributed by atoms with Crippen molar-refractivity contribution in [2.24, 2.45) is 0 Å². The highest BCUT2D eigenvalue weighted by atomic mass is 16.3. The summed E-state index contributed by atoms with van der Waals surface area (Å²) in [5.74, 6) is 0.992. The topological polar surface area (TPSA) is 28.4 Å². The number of furan rings is 1. The highest BCUT2D eigenvalue weighted by Crippen LogP contribution is 2.22. The normalized spacial score (nSPS) is 15.1. The van der Waals surface area contributed by atoms with E-state index in [9.17, 15) is 0 Å². The standard InChI is InChI=1S/C15H16N2O/c1-12-11-17(13-6-3-2-4-7-13)16-15(12)10-14-8-5-9-18-14/h2-9,16H,10-11H2,1H3. The van der Waals surface area contributed by atoms with Crippen molar-refractivity contribution in [2.75, 3.05) is 11.6 Å². The van der Waals surface area contributed by atoms with Crippen LogP contribution in [0.4, 0.5) is 5.69 Å². The molecule has 3 heteroatoms. The second-order valence-corrected chi connectivity index (χ2v) is 4.55. The van der Waals surface area contributed by atoms with E-state index < -0.39 is 0 Å². The van der Waals surface area contributed by atoms with Gasteiger partial charge in [-0.3, -0.25) is 5.01 Å². The first-order chi connectivity index (χ1) is 8.83. The summed E-state index contributed by atoms with van der Waals surface area (Å²) in [7, 11) is 0. The zero-order chi connectivity index (χ0) is 12.4. The minimum Gasteiger partial charge on any atom is -0.469 e. The molecule has 1 aromatic carbocycles. The Balaban J connectivity index is 1.73.